The van der Waals surface area contributed by atoms with Crippen LogP contribution in [0.25, 0.3) is 11.0 Å². The molecule has 0 spiro atoms. The Morgan fingerprint density at radius 3 is 2.75 bits per heavy atom. The molecule has 0 bridgehead atoms. The standard InChI is InChI=1S/C13H13F3N2O2/c1-18(7-6-13(14,15)16)12(19)8-10-9-4-2-3-5-11(9)20-17-10/h2-5H,6-8H2,1H3. The summed E-state index contributed by atoms with van der Waals surface area (Å²) in [4.78, 5) is 12.9. The Morgan fingerprint density at radius 1 is 1.35 bits per heavy atom. The van der Waals surface area contributed by atoms with Crippen LogP contribution in [0.5, 0.6) is 0 Å². The lowest BCUT2D eigenvalue weighted by molar-refractivity contribution is -0.143. The van der Waals surface area contributed by atoms with Gasteiger partial charge in [-0.25, -0.2) is 0 Å². The van der Waals surface area contributed by atoms with Crippen molar-refractivity contribution in [1.82, 2.24) is 10.1 Å². The molecule has 0 aliphatic rings. The van der Waals surface area contributed by atoms with E-state index in [0.717, 1.165) is 4.90 Å². The highest BCUT2D eigenvalue weighted by atomic mass is 19.4. The Morgan fingerprint density at radius 2 is 2.05 bits per heavy atom. The highest BCUT2D eigenvalue weighted by molar-refractivity contribution is 5.86. The number of carbonyl (C=O) groups excluding carboxylic acids is 1. The first-order valence-corrected chi connectivity index (χ1v) is 6.01. The zero-order valence-electron chi connectivity index (χ0n) is 10.8. The molecule has 1 amide bonds. The van der Waals surface area contributed by atoms with E-state index in [0.29, 0.717) is 16.7 Å². The van der Waals surface area contributed by atoms with Gasteiger partial charge in [-0.1, -0.05) is 17.3 Å². The molecule has 20 heavy (non-hydrogen) atoms. The van der Waals surface area contributed by atoms with Crippen molar-refractivity contribution in [3.8, 4) is 0 Å². The molecule has 2 aromatic rings. The highest BCUT2D eigenvalue weighted by Crippen LogP contribution is 2.21. The molecule has 0 aliphatic carbocycles. The molecular formula is C13H13F3N2O2. The number of rotatable bonds is 4. The number of para-hydroxylation sites is 1. The topological polar surface area (TPSA) is 46.3 Å². The van der Waals surface area contributed by atoms with Gasteiger partial charge < -0.3 is 9.42 Å². The summed E-state index contributed by atoms with van der Waals surface area (Å²) in [5.74, 6) is -0.423. The second-order valence-electron chi connectivity index (χ2n) is 4.48. The maximum Gasteiger partial charge on any atom is 0.390 e. The van der Waals surface area contributed by atoms with E-state index in [1.807, 2.05) is 0 Å². The molecule has 0 saturated heterocycles. The number of aromatic nitrogens is 1. The monoisotopic (exact) mass is 286 g/mol. The van der Waals surface area contributed by atoms with Crippen molar-refractivity contribution in [2.75, 3.05) is 13.6 Å². The molecule has 1 heterocycles. The predicted octanol–water partition coefficient (Wildman–Crippen LogP) is 2.78. The first-order valence-electron chi connectivity index (χ1n) is 6.01. The SMILES string of the molecule is CN(CCC(F)(F)F)C(=O)Cc1noc2ccccc12. The summed E-state index contributed by atoms with van der Waals surface area (Å²) in [5, 5.41) is 4.48. The lowest BCUT2D eigenvalue weighted by Crippen LogP contribution is -2.31. The van der Waals surface area contributed by atoms with Crippen LogP contribution in [0.4, 0.5) is 13.2 Å². The van der Waals surface area contributed by atoms with Gasteiger partial charge in [0.15, 0.2) is 5.58 Å². The third-order valence-electron chi connectivity index (χ3n) is 2.93. The number of hydrogen-bond donors (Lipinski definition) is 0. The Balaban J connectivity index is 2.00. The summed E-state index contributed by atoms with van der Waals surface area (Å²) in [7, 11) is 1.34. The molecule has 7 heteroatoms. The summed E-state index contributed by atoms with van der Waals surface area (Å²) in [6.07, 6.45) is -5.37. The van der Waals surface area contributed by atoms with Gasteiger partial charge in [0.1, 0.15) is 5.69 Å². The van der Waals surface area contributed by atoms with E-state index in [4.69, 9.17) is 4.52 Å². The summed E-state index contributed by atoms with van der Waals surface area (Å²) in [6, 6.07) is 7.02. The average Bonchev–Trinajstić information content (AvgIpc) is 2.78. The van der Waals surface area contributed by atoms with Crippen molar-refractivity contribution in [2.24, 2.45) is 0 Å². The van der Waals surface area contributed by atoms with Gasteiger partial charge in [0, 0.05) is 19.0 Å². The molecule has 108 valence electrons. The molecular weight excluding hydrogens is 273 g/mol. The van der Waals surface area contributed by atoms with Crippen LogP contribution >= 0.6 is 0 Å². The van der Waals surface area contributed by atoms with E-state index in [2.05, 4.69) is 5.16 Å². The number of fused-ring (bicyclic) bond motifs is 1. The third kappa shape index (κ3) is 3.49. The van der Waals surface area contributed by atoms with Gasteiger partial charge in [0.05, 0.1) is 12.8 Å². The predicted molar refractivity (Wildman–Crippen MR) is 66.0 cm³/mol. The van der Waals surface area contributed by atoms with Crippen LogP contribution in [0.2, 0.25) is 0 Å². The Bertz CT molecular complexity index is 607. The second-order valence-corrected chi connectivity index (χ2v) is 4.48. The lowest BCUT2D eigenvalue weighted by atomic mass is 10.1. The average molecular weight is 286 g/mol. The molecule has 4 nitrogen and oxygen atoms in total. The first-order chi connectivity index (χ1) is 9.37. The fourth-order valence-corrected chi connectivity index (χ4v) is 1.76. The minimum absolute atomic E-state index is 0.0780. The summed E-state index contributed by atoms with van der Waals surface area (Å²) in [5.41, 5.74) is 0.984. The van der Waals surface area contributed by atoms with E-state index in [9.17, 15) is 18.0 Å². The zero-order chi connectivity index (χ0) is 14.8. The second kappa shape index (κ2) is 5.52. The molecule has 0 saturated carbocycles. The molecule has 0 radical (unpaired) electrons. The maximum absolute atomic E-state index is 12.1. The van der Waals surface area contributed by atoms with E-state index >= 15 is 0 Å². The minimum atomic E-state index is -4.27. The van der Waals surface area contributed by atoms with Gasteiger partial charge in [-0.2, -0.15) is 13.2 Å². The fourth-order valence-electron chi connectivity index (χ4n) is 1.76. The van der Waals surface area contributed by atoms with Gasteiger partial charge in [-0.05, 0) is 12.1 Å². The highest BCUT2D eigenvalue weighted by Gasteiger charge is 2.28. The lowest BCUT2D eigenvalue weighted by Gasteiger charge is -2.17. The Hall–Kier alpha value is -2.05. The van der Waals surface area contributed by atoms with Crippen molar-refractivity contribution in [3.05, 3.63) is 30.0 Å². The smallest absolute Gasteiger partial charge is 0.356 e. The van der Waals surface area contributed by atoms with Crippen molar-refractivity contribution in [3.63, 3.8) is 0 Å². The number of nitrogens with zero attached hydrogens (tertiary/aromatic N) is 2. The summed E-state index contributed by atoms with van der Waals surface area (Å²) < 4.78 is 41.3. The molecule has 1 aromatic carbocycles. The van der Waals surface area contributed by atoms with Crippen LogP contribution in [0.3, 0.4) is 0 Å². The number of benzene rings is 1. The van der Waals surface area contributed by atoms with Crippen molar-refractivity contribution in [2.45, 2.75) is 19.0 Å². The minimum Gasteiger partial charge on any atom is -0.356 e. The van der Waals surface area contributed by atoms with Gasteiger partial charge in [-0.3, -0.25) is 4.79 Å². The fraction of sp³-hybridized carbons (Fsp3) is 0.385. The Kier molecular flexibility index (Phi) is 3.96. The van der Waals surface area contributed by atoms with Gasteiger partial charge >= 0.3 is 6.18 Å². The molecule has 0 aliphatic heterocycles. The number of amides is 1. The van der Waals surface area contributed by atoms with E-state index in [-0.39, 0.29) is 13.0 Å². The number of likely N-dealkylation sites (N-methyl/N-ethyl adjacent to an activating group) is 1. The van der Waals surface area contributed by atoms with Gasteiger partial charge in [0.2, 0.25) is 5.91 Å². The normalized spacial score (nSPS) is 11.8. The largest absolute Gasteiger partial charge is 0.390 e. The number of hydrogen-bond acceptors (Lipinski definition) is 3. The van der Waals surface area contributed by atoms with Crippen LogP contribution in [-0.2, 0) is 11.2 Å². The van der Waals surface area contributed by atoms with Crippen molar-refractivity contribution in [1.29, 1.82) is 0 Å². The number of carbonyl (C=O) groups is 1. The maximum atomic E-state index is 12.1. The van der Waals surface area contributed by atoms with Crippen molar-refractivity contribution >= 4 is 16.9 Å². The number of halogens is 3. The van der Waals surface area contributed by atoms with E-state index in [1.54, 1.807) is 24.3 Å². The quantitative estimate of drug-likeness (QED) is 0.868. The van der Waals surface area contributed by atoms with E-state index < -0.39 is 18.5 Å². The first kappa shape index (κ1) is 14.4. The van der Waals surface area contributed by atoms with Crippen LogP contribution in [-0.4, -0.2) is 35.7 Å². The van der Waals surface area contributed by atoms with Gasteiger partial charge in [0.25, 0.3) is 0 Å². The van der Waals surface area contributed by atoms with Gasteiger partial charge in [-0.15, -0.1) is 0 Å². The van der Waals surface area contributed by atoms with Crippen molar-refractivity contribution < 1.29 is 22.5 Å². The van der Waals surface area contributed by atoms with E-state index in [1.165, 1.54) is 7.05 Å². The van der Waals surface area contributed by atoms with Crippen LogP contribution in [0.1, 0.15) is 12.1 Å². The summed E-state index contributed by atoms with van der Waals surface area (Å²) >= 11 is 0. The van der Waals surface area contributed by atoms with Crippen LogP contribution < -0.4 is 0 Å². The van der Waals surface area contributed by atoms with Crippen LogP contribution in [0.15, 0.2) is 28.8 Å². The van der Waals surface area contributed by atoms with Crippen LogP contribution in [0, 0.1) is 0 Å². The third-order valence-corrected chi connectivity index (χ3v) is 2.93. The summed E-state index contributed by atoms with van der Waals surface area (Å²) in [6.45, 7) is -0.363. The Labute approximate surface area is 113 Å². The molecule has 0 unspecified atom stereocenters. The number of alkyl halides is 3. The zero-order valence-corrected chi connectivity index (χ0v) is 10.8. The molecule has 0 N–H and O–H groups in total. The molecule has 0 fully saturated rings. The molecule has 0 atom stereocenters. The molecule has 1 aromatic heterocycles. The molecule has 2 rings (SSSR count).